The predicted octanol–water partition coefficient (Wildman–Crippen LogP) is 2.64. The van der Waals surface area contributed by atoms with Crippen LogP contribution in [-0.4, -0.2) is 22.7 Å². The second-order valence-electron chi connectivity index (χ2n) is 3.71. The van der Waals surface area contributed by atoms with Gasteiger partial charge in [-0.15, -0.1) is 0 Å². The molecule has 2 nitrogen and oxygen atoms in total. The molecule has 1 atom stereocenters. The molecule has 0 bridgehead atoms. The number of rotatable bonds is 3. The number of phenolic OH excluding ortho intramolecular Hbond substituents is 1. The van der Waals surface area contributed by atoms with Crippen molar-refractivity contribution in [2.75, 3.05) is 11.5 Å². The number of nitrogens with one attached hydrogen (secondary N) is 1. The summed E-state index contributed by atoms with van der Waals surface area (Å²) in [4.78, 5) is 0. The van der Waals surface area contributed by atoms with E-state index in [1.807, 2.05) is 17.8 Å². The number of hydrogen-bond donors (Lipinski definition) is 2. The number of halogens is 1. The molecule has 4 heteroatoms. The fourth-order valence-corrected chi connectivity index (χ4v) is 3.03. The van der Waals surface area contributed by atoms with E-state index in [1.54, 1.807) is 12.1 Å². The summed E-state index contributed by atoms with van der Waals surface area (Å²) in [5, 5.41) is 13.7. The fraction of sp³-hybridized carbons (Fsp3) is 0.455. The molecule has 0 spiro atoms. The van der Waals surface area contributed by atoms with Gasteiger partial charge in [0.25, 0.3) is 0 Å². The minimum absolute atomic E-state index is 0.317. The van der Waals surface area contributed by atoms with Gasteiger partial charge in [0.1, 0.15) is 5.75 Å². The normalized spacial score (nSPS) is 20.7. The van der Waals surface area contributed by atoms with Crippen molar-refractivity contribution in [1.82, 2.24) is 5.32 Å². The molecule has 82 valence electrons. The molecule has 0 radical (unpaired) electrons. The molecular formula is C11H14ClNOS. The van der Waals surface area contributed by atoms with E-state index in [0.717, 1.165) is 5.56 Å². The highest BCUT2D eigenvalue weighted by molar-refractivity contribution is 7.99. The first-order valence-electron chi connectivity index (χ1n) is 5.04. The van der Waals surface area contributed by atoms with Gasteiger partial charge in [-0.05, 0) is 30.4 Å². The maximum Gasteiger partial charge on any atom is 0.120 e. The van der Waals surface area contributed by atoms with Crippen molar-refractivity contribution in [3.05, 3.63) is 28.8 Å². The van der Waals surface area contributed by atoms with Crippen LogP contribution in [0.3, 0.4) is 0 Å². The van der Waals surface area contributed by atoms with E-state index in [-0.39, 0.29) is 0 Å². The molecule has 0 saturated carbocycles. The molecule has 1 fully saturated rings. The molecule has 0 aromatic heterocycles. The molecule has 1 aliphatic rings. The summed E-state index contributed by atoms with van der Waals surface area (Å²) < 4.78 is 0. The lowest BCUT2D eigenvalue weighted by Gasteiger charge is -2.12. The third kappa shape index (κ3) is 3.03. The minimum Gasteiger partial charge on any atom is -0.508 e. The number of hydrogen-bond acceptors (Lipinski definition) is 3. The zero-order chi connectivity index (χ0) is 10.7. The highest BCUT2D eigenvalue weighted by atomic mass is 35.5. The Morgan fingerprint density at radius 3 is 3.13 bits per heavy atom. The molecule has 1 aliphatic heterocycles. The first-order chi connectivity index (χ1) is 7.25. The number of aromatic hydroxyl groups is 1. The van der Waals surface area contributed by atoms with Crippen LogP contribution in [0.2, 0.25) is 5.02 Å². The van der Waals surface area contributed by atoms with Crippen molar-refractivity contribution in [3.8, 4) is 5.75 Å². The van der Waals surface area contributed by atoms with E-state index < -0.39 is 0 Å². The lowest BCUT2D eigenvalue weighted by atomic mass is 10.2. The molecule has 2 N–H and O–H groups in total. The molecule has 1 saturated heterocycles. The van der Waals surface area contributed by atoms with E-state index in [9.17, 15) is 5.11 Å². The van der Waals surface area contributed by atoms with Gasteiger partial charge in [0, 0.05) is 28.9 Å². The summed E-state index contributed by atoms with van der Waals surface area (Å²) in [5.74, 6) is 2.72. The van der Waals surface area contributed by atoms with Gasteiger partial charge in [0.05, 0.1) is 0 Å². The molecule has 0 amide bonds. The Morgan fingerprint density at radius 1 is 1.53 bits per heavy atom. The van der Waals surface area contributed by atoms with Crippen LogP contribution >= 0.6 is 23.4 Å². The summed E-state index contributed by atoms with van der Waals surface area (Å²) >= 11 is 7.84. The van der Waals surface area contributed by atoms with Crippen molar-refractivity contribution in [1.29, 1.82) is 0 Å². The molecule has 1 heterocycles. The molecule has 15 heavy (non-hydrogen) atoms. The third-order valence-corrected chi connectivity index (χ3v) is 3.95. The van der Waals surface area contributed by atoms with Crippen LogP contribution in [-0.2, 0) is 6.54 Å². The van der Waals surface area contributed by atoms with Crippen LogP contribution in [0.4, 0.5) is 0 Å². The molecular weight excluding hydrogens is 230 g/mol. The van der Waals surface area contributed by atoms with Gasteiger partial charge in [0.2, 0.25) is 0 Å². The molecule has 1 aromatic rings. The third-order valence-electron chi connectivity index (χ3n) is 2.55. The Morgan fingerprint density at radius 2 is 2.40 bits per heavy atom. The van der Waals surface area contributed by atoms with E-state index in [0.29, 0.717) is 23.4 Å². The van der Waals surface area contributed by atoms with Crippen LogP contribution in [0.1, 0.15) is 12.0 Å². The first-order valence-corrected chi connectivity index (χ1v) is 6.57. The quantitative estimate of drug-likeness (QED) is 0.856. The largest absolute Gasteiger partial charge is 0.508 e. The van der Waals surface area contributed by atoms with Crippen molar-refractivity contribution in [2.24, 2.45) is 0 Å². The van der Waals surface area contributed by atoms with Gasteiger partial charge < -0.3 is 10.4 Å². The maximum atomic E-state index is 9.61. The summed E-state index contributed by atoms with van der Waals surface area (Å²) in [6.07, 6.45) is 1.21. The number of thioether (sulfide) groups is 1. The number of phenols is 1. The highest BCUT2D eigenvalue weighted by Crippen LogP contribution is 2.22. The Bertz CT molecular complexity index is 339. The topological polar surface area (TPSA) is 32.3 Å². The van der Waals surface area contributed by atoms with E-state index >= 15 is 0 Å². The average Bonchev–Trinajstić information content (AvgIpc) is 2.72. The van der Waals surface area contributed by atoms with Crippen molar-refractivity contribution in [2.45, 2.75) is 19.0 Å². The monoisotopic (exact) mass is 243 g/mol. The Kier molecular flexibility index (Phi) is 3.78. The lowest BCUT2D eigenvalue weighted by molar-refractivity contribution is 0.459. The van der Waals surface area contributed by atoms with Crippen LogP contribution in [0.5, 0.6) is 5.75 Å². The second kappa shape index (κ2) is 5.10. The summed E-state index contributed by atoms with van der Waals surface area (Å²) in [7, 11) is 0. The van der Waals surface area contributed by atoms with Gasteiger partial charge in [-0.1, -0.05) is 11.6 Å². The molecule has 0 aliphatic carbocycles. The summed E-state index contributed by atoms with van der Waals surface area (Å²) in [6, 6.07) is 5.73. The Balaban J connectivity index is 1.94. The zero-order valence-corrected chi connectivity index (χ0v) is 9.94. The van der Waals surface area contributed by atoms with Crippen LogP contribution in [0.25, 0.3) is 0 Å². The van der Waals surface area contributed by atoms with Gasteiger partial charge >= 0.3 is 0 Å². The van der Waals surface area contributed by atoms with Gasteiger partial charge in [-0.3, -0.25) is 0 Å². The molecule has 2 rings (SSSR count). The van der Waals surface area contributed by atoms with E-state index in [1.165, 1.54) is 17.9 Å². The summed E-state index contributed by atoms with van der Waals surface area (Å²) in [5.41, 5.74) is 0.874. The number of benzene rings is 1. The van der Waals surface area contributed by atoms with Gasteiger partial charge in [-0.2, -0.15) is 11.8 Å². The first kappa shape index (κ1) is 11.1. The van der Waals surface area contributed by atoms with Crippen molar-refractivity contribution < 1.29 is 5.11 Å². The predicted molar refractivity (Wildman–Crippen MR) is 65.7 cm³/mol. The van der Waals surface area contributed by atoms with Crippen molar-refractivity contribution >= 4 is 23.4 Å². The fourth-order valence-electron chi connectivity index (χ4n) is 1.65. The lowest BCUT2D eigenvalue weighted by Crippen LogP contribution is -2.27. The van der Waals surface area contributed by atoms with Gasteiger partial charge in [0.15, 0.2) is 0 Å². The minimum atomic E-state index is 0.317. The van der Waals surface area contributed by atoms with E-state index in [2.05, 4.69) is 5.32 Å². The van der Waals surface area contributed by atoms with Crippen LogP contribution < -0.4 is 5.32 Å². The van der Waals surface area contributed by atoms with Gasteiger partial charge in [-0.25, -0.2) is 0 Å². The SMILES string of the molecule is Oc1ccc(Cl)cc1CNC1CCSC1. The Hall–Kier alpha value is -0.380. The highest BCUT2D eigenvalue weighted by Gasteiger charge is 2.14. The van der Waals surface area contributed by atoms with Crippen LogP contribution in [0, 0.1) is 0 Å². The standard InChI is InChI=1S/C11H14ClNOS/c12-9-1-2-11(14)8(5-9)6-13-10-3-4-15-7-10/h1-2,5,10,13-14H,3-4,6-7H2. The molecule has 1 aromatic carbocycles. The smallest absolute Gasteiger partial charge is 0.120 e. The zero-order valence-electron chi connectivity index (χ0n) is 8.37. The molecule has 1 unspecified atom stereocenters. The maximum absolute atomic E-state index is 9.61. The second-order valence-corrected chi connectivity index (χ2v) is 5.30. The summed E-state index contributed by atoms with van der Waals surface area (Å²) in [6.45, 7) is 0.692. The Labute approximate surface area is 99.0 Å². The van der Waals surface area contributed by atoms with E-state index in [4.69, 9.17) is 11.6 Å². The van der Waals surface area contributed by atoms with Crippen molar-refractivity contribution in [3.63, 3.8) is 0 Å². The van der Waals surface area contributed by atoms with Crippen LogP contribution in [0.15, 0.2) is 18.2 Å². The average molecular weight is 244 g/mol.